The average molecular weight is 485 g/mol. The number of carbonyl (C=O) groups excluding carboxylic acids is 3. The van der Waals surface area contributed by atoms with Gasteiger partial charge in [-0.3, -0.25) is 24.6 Å². The number of halogens is 1. The van der Waals surface area contributed by atoms with Crippen molar-refractivity contribution in [1.82, 2.24) is 15.1 Å². The fourth-order valence-electron chi connectivity index (χ4n) is 3.38. The number of piperazine rings is 1. The number of benzene rings is 1. The summed E-state index contributed by atoms with van der Waals surface area (Å²) in [6.45, 7) is 4.40. The smallest absolute Gasteiger partial charge is 0.260 e. The van der Waals surface area contributed by atoms with E-state index in [1.807, 2.05) is 17.0 Å². The molecule has 2 heterocycles. The third kappa shape index (κ3) is 5.41. The Morgan fingerprint density at radius 2 is 1.85 bits per heavy atom. The fraction of sp³-hybridized carbons (Fsp3) is 0.526. The fourth-order valence-corrected chi connectivity index (χ4v) is 4.07. The number of imide groups is 1. The van der Waals surface area contributed by atoms with E-state index in [0.29, 0.717) is 18.6 Å². The van der Waals surface area contributed by atoms with Crippen molar-refractivity contribution in [3.8, 4) is 5.75 Å². The number of ether oxygens (including phenoxy) is 1. The van der Waals surface area contributed by atoms with Crippen molar-refractivity contribution in [3.05, 3.63) is 29.8 Å². The molecule has 1 N–H and O–H groups in total. The first-order valence-electron chi connectivity index (χ1n) is 9.19. The molecule has 7 nitrogen and oxygen atoms in total. The van der Waals surface area contributed by atoms with E-state index in [9.17, 15) is 14.4 Å². The van der Waals surface area contributed by atoms with Gasteiger partial charge in [-0.25, -0.2) is 0 Å². The third-order valence-corrected chi connectivity index (χ3v) is 5.49. The van der Waals surface area contributed by atoms with Crippen molar-refractivity contribution in [2.24, 2.45) is 0 Å². The van der Waals surface area contributed by atoms with E-state index in [1.54, 1.807) is 12.1 Å². The molecule has 2 saturated heterocycles. The molecule has 146 valence electrons. The lowest BCUT2D eigenvalue weighted by Crippen LogP contribution is -2.50. The van der Waals surface area contributed by atoms with Gasteiger partial charge in [-0.2, -0.15) is 0 Å². The number of hydrogen-bond acceptors (Lipinski definition) is 5. The number of nitrogens with zero attached hydrogens (tertiary/aromatic N) is 2. The second-order valence-corrected chi connectivity index (χ2v) is 7.85. The summed E-state index contributed by atoms with van der Waals surface area (Å²) < 4.78 is 6.72. The summed E-state index contributed by atoms with van der Waals surface area (Å²) in [6.07, 6.45) is 0.876. The number of piperidine rings is 1. The summed E-state index contributed by atoms with van der Waals surface area (Å²) in [5.41, 5.74) is 0.852. The van der Waals surface area contributed by atoms with Crippen LogP contribution in [0.2, 0.25) is 0 Å². The molecule has 3 rings (SSSR count). The Morgan fingerprint density at radius 3 is 2.48 bits per heavy atom. The average Bonchev–Trinajstić information content (AvgIpc) is 2.67. The lowest BCUT2D eigenvalue weighted by Gasteiger charge is -2.34. The Morgan fingerprint density at radius 1 is 1.15 bits per heavy atom. The van der Waals surface area contributed by atoms with Crippen LogP contribution < -0.4 is 10.1 Å². The predicted octanol–water partition coefficient (Wildman–Crippen LogP) is 1.16. The van der Waals surface area contributed by atoms with Gasteiger partial charge in [0.2, 0.25) is 11.8 Å². The molecule has 0 aliphatic carbocycles. The Kier molecular flexibility index (Phi) is 7.06. The Balaban J connectivity index is 1.47. The highest BCUT2D eigenvalue weighted by Gasteiger charge is 2.27. The molecule has 1 aromatic carbocycles. The number of hydrogen-bond donors (Lipinski definition) is 1. The van der Waals surface area contributed by atoms with E-state index in [-0.39, 0.29) is 30.2 Å². The summed E-state index contributed by atoms with van der Waals surface area (Å²) in [5.74, 6) is -0.180. The molecular formula is C19H24IN3O4. The monoisotopic (exact) mass is 485 g/mol. The molecule has 3 amide bonds. The van der Waals surface area contributed by atoms with Gasteiger partial charge in [-0.05, 0) is 24.1 Å². The molecule has 0 radical (unpaired) electrons. The summed E-state index contributed by atoms with van der Waals surface area (Å²) in [5, 5.41) is 2.37. The van der Waals surface area contributed by atoms with Crippen molar-refractivity contribution in [2.75, 3.05) is 43.8 Å². The molecular weight excluding hydrogens is 461 g/mol. The highest BCUT2D eigenvalue weighted by molar-refractivity contribution is 14.1. The zero-order chi connectivity index (χ0) is 19.2. The van der Waals surface area contributed by atoms with Gasteiger partial charge >= 0.3 is 0 Å². The molecule has 0 bridgehead atoms. The minimum atomic E-state index is -0.308. The molecule has 2 aliphatic heterocycles. The van der Waals surface area contributed by atoms with E-state index in [0.717, 1.165) is 42.7 Å². The Labute approximate surface area is 172 Å². The van der Waals surface area contributed by atoms with Crippen LogP contribution in [-0.4, -0.2) is 71.3 Å². The topological polar surface area (TPSA) is 79.0 Å². The molecule has 1 unspecified atom stereocenters. The highest BCUT2D eigenvalue weighted by atomic mass is 127. The van der Waals surface area contributed by atoms with Gasteiger partial charge in [-0.15, -0.1) is 0 Å². The van der Waals surface area contributed by atoms with E-state index < -0.39 is 0 Å². The van der Waals surface area contributed by atoms with Crippen LogP contribution in [0.25, 0.3) is 0 Å². The van der Waals surface area contributed by atoms with Crippen LogP contribution in [0.4, 0.5) is 0 Å². The maximum Gasteiger partial charge on any atom is 0.260 e. The third-order valence-electron chi connectivity index (χ3n) is 5.01. The number of amides is 3. The van der Waals surface area contributed by atoms with Gasteiger partial charge in [0.25, 0.3) is 5.91 Å². The van der Waals surface area contributed by atoms with Crippen LogP contribution in [-0.2, 0) is 14.4 Å². The summed E-state index contributed by atoms with van der Waals surface area (Å²) >= 11 is 2.37. The summed E-state index contributed by atoms with van der Waals surface area (Å²) in [4.78, 5) is 39.7. The van der Waals surface area contributed by atoms with Crippen molar-refractivity contribution in [3.63, 3.8) is 0 Å². The van der Waals surface area contributed by atoms with E-state index in [1.165, 1.54) is 0 Å². The number of alkyl halides is 1. The molecule has 2 aliphatic rings. The van der Waals surface area contributed by atoms with Gasteiger partial charge in [0.05, 0.1) is 5.92 Å². The van der Waals surface area contributed by atoms with Crippen molar-refractivity contribution < 1.29 is 19.1 Å². The van der Waals surface area contributed by atoms with Crippen molar-refractivity contribution in [2.45, 2.75) is 18.8 Å². The molecule has 0 saturated carbocycles. The standard InChI is InChI=1S/C19H24IN3O4/c20-7-8-22-9-11-23(12-10-22)18(25)13-27-15-3-1-14(2-4-15)16-5-6-17(24)21-19(16)26/h1-4,16H,5-13H2,(H,21,24,26). The van der Waals surface area contributed by atoms with Gasteiger partial charge in [-0.1, -0.05) is 34.7 Å². The molecule has 1 atom stereocenters. The molecule has 0 aromatic heterocycles. The lowest BCUT2D eigenvalue weighted by molar-refractivity contribution is -0.135. The van der Waals surface area contributed by atoms with Crippen LogP contribution >= 0.6 is 22.6 Å². The first-order valence-corrected chi connectivity index (χ1v) is 10.7. The largest absolute Gasteiger partial charge is 0.484 e. The maximum absolute atomic E-state index is 12.3. The van der Waals surface area contributed by atoms with E-state index in [4.69, 9.17) is 4.74 Å². The molecule has 1 aromatic rings. The predicted molar refractivity (Wildman–Crippen MR) is 109 cm³/mol. The van der Waals surface area contributed by atoms with Gasteiger partial charge < -0.3 is 9.64 Å². The number of rotatable bonds is 6. The van der Waals surface area contributed by atoms with Crippen LogP contribution in [0.15, 0.2) is 24.3 Å². The zero-order valence-corrected chi connectivity index (χ0v) is 17.3. The normalized spacial score (nSPS) is 21.1. The molecule has 2 fully saturated rings. The maximum atomic E-state index is 12.3. The number of nitrogens with one attached hydrogen (secondary N) is 1. The Hall–Kier alpha value is -1.68. The van der Waals surface area contributed by atoms with Crippen LogP contribution in [0.5, 0.6) is 5.75 Å². The lowest BCUT2D eigenvalue weighted by atomic mass is 9.90. The Bertz CT molecular complexity index is 687. The van der Waals surface area contributed by atoms with Crippen LogP contribution in [0.1, 0.15) is 24.3 Å². The van der Waals surface area contributed by atoms with E-state index >= 15 is 0 Å². The quantitative estimate of drug-likeness (QED) is 0.372. The highest BCUT2D eigenvalue weighted by Crippen LogP contribution is 2.26. The zero-order valence-electron chi connectivity index (χ0n) is 15.2. The van der Waals surface area contributed by atoms with E-state index in [2.05, 4.69) is 32.8 Å². The van der Waals surface area contributed by atoms with Crippen molar-refractivity contribution >= 4 is 40.3 Å². The minimum absolute atomic E-state index is 0.00151. The van der Waals surface area contributed by atoms with Gasteiger partial charge in [0.1, 0.15) is 5.75 Å². The van der Waals surface area contributed by atoms with Crippen molar-refractivity contribution in [1.29, 1.82) is 0 Å². The van der Waals surface area contributed by atoms with Gasteiger partial charge in [0.15, 0.2) is 6.61 Å². The SMILES string of the molecule is O=C1CCC(c2ccc(OCC(=O)N3CCN(CCI)CC3)cc2)C(=O)N1. The first-order chi connectivity index (χ1) is 13.1. The summed E-state index contributed by atoms with van der Waals surface area (Å²) in [7, 11) is 0. The molecule has 8 heteroatoms. The van der Waals surface area contributed by atoms with Crippen LogP contribution in [0, 0.1) is 0 Å². The number of carbonyl (C=O) groups is 3. The molecule has 0 spiro atoms. The second-order valence-electron chi connectivity index (χ2n) is 6.77. The summed E-state index contributed by atoms with van der Waals surface area (Å²) in [6, 6.07) is 7.18. The second kappa shape index (κ2) is 9.50. The van der Waals surface area contributed by atoms with Gasteiger partial charge in [0, 0.05) is 43.6 Å². The van der Waals surface area contributed by atoms with Crippen LogP contribution in [0.3, 0.4) is 0 Å². The molecule has 27 heavy (non-hydrogen) atoms. The minimum Gasteiger partial charge on any atom is -0.484 e. The first kappa shape index (κ1) is 20.1.